The topological polar surface area (TPSA) is 49.4 Å². The molecule has 124 valence electrons. The maximum Gasteiger partial charge on any atom is 0.227 e. The number of amides is 2. The third kappa shape index (κ3) is 3.45. The van der Waals surface area contributed by atoms with Gasteiger partial charge in [-0.05, 0) is 35.2 Å². The first-order valence-electron chi connectivity index (χ1n) is 7.93. The Morgan fingerprint density at radius 3 is 2.79 bits per heavy atom. The Morgan fingerprint density at radius 2 is 2.00 bits per heavy atom. The molecule has 0 radical (unpaired) electrons. The number of anilines is 1. The zero-order valence-corrected chi connectivity index (χ0v) is 13.5. The Labute approximate surface area is 140 Å². The van der Waals surface area contributed by atoms with Crippen LogP contribution in [0.3, 0.4) is 0 Å². The second-order valence-corrected chi connectivity index (χ2v) is 5.96. The lowest BCUT2D eigenvalue weighted by Crippen LogP contribution is -2.31. The highest BCUT2D eigenvalue weighted by Crippen LogP contribution is 2.27. The first-order valence-corrected chi connectivity index (χ1v) is 7.93. The Kier molecular flexibility index (Phi) is 4.60. The van der Waals surface area contributed by atoms with Gasteiger partial charge < -0.3 is 10.2 Å². The number of rotatable bonds is 4. The van der Waals surface area contributed by atoms with E-state index in [9.17, 15) is 14.0 Å². The van der Waals surface area contributed by atoms with Gasteiger partial charge >= 0.3 is 0 Å². The van der Waals surface area contributed by atoms with Crippen LogP contribution < -0.4 is 10.2 Å². The molecule has 1 heterocycles. The Bertz CT molecular complexity index is 789. The van der Waals surface area contributed by atoms with E-state index in [2.05, 4.69) is 5.32 Å². The molecule has 0 saturated carbocycles. The molecular formula is C19H19FN2O2. The maximum absolute atomic E-state index is 13.6. The maximum atomic E-state index is 13.6. The number of halogens is 1. The summed E-state index contributed by atoms with van der Waals surface area (Å²) in [5.41, 5.74) is 3.39. The summed E-state index contributed by atoms with van der Waals surface area (Å²) in [6.07, 6.45) is 1.25. The van der Waals surface area contributed by atoms with Crippen molar-refractivity contribution in [2.24, 2.45) is 0 Å². The van der Waals surface area contributed by atoms with Crippen molar-refractivity contribution < 1.29 is 14.0 Å². The van der Waals surface area contributed by atoms with E-state index in [0.29, 0.717) is 18.5 Å². The minimum absolute atomic E-state index is 0.0227. The van der Waals surface area contributed by atoms with Crippen LogP contribution in [-0.4, -0.2) is 18.9 Å². The molecule has 2 aromatic carbocycles. The summed E-state index contributed by atoms with van der Waals surface area (Å²) >= 11 is 0. The van der Waals surface area contributed by atoms with Gasteiger partial charge in [-0.3, -0.25) is 9.59 Å². The minimum atomic E-state index is -0.367. The number of carbonyl (C=O) groups excluding carboxylic acids is 2. The van der Waals surface area contributed by atoms with Gasteiger partial charge in [0.15, 0.2) is 0 Å². The number of hydrogen-bond donors (Lipinski definition) is 1. The number of aryl methyl sites for hydroxylation is 1. The summed E-state index contributed by atoms with van der Waals surface area (Å²) in [6.45, 7) is 0.387. The van der Waals surface area contributed by atoms with Gasteiger partial charge in [-0.25, -0.2) is 4.39 Å². The second-order valence-electron chi connectivity index (χ2n) is 5.96. The van der Waals surface area contributed by atoms with Crippen molar-refractivity contribution >= 4 is 17.5 Å². The number of nitrogens with one attached hydrogen (secondary N) is 1. The first-order chi connectivity index (χ1) is 11.5. The van der Waals surface area contributed by atoms with Crippen LogP contribution in [0.25, 0.3) is 0 Å². The normalized spacial score (nSPS) is 13.6. The fourth-order valence-electron chi connectivity index (χ4n) is 2.90. The van der Waals surface area contributed by atoms with Gasteiger partial charge in [-0.15, -0.1) is 0 Å². The monoisotopic (exact) mass is 326 g/mol. The molecule has 2 amide bonds. The van der Waals surface area contributed by atoms with Crippen LogP contribution in [0.15, 0.2) is 42.5 Å². The lowest BCUT2D eigenvalue weighted by Gasteiger charge is -2.26. The summed E-state index contributed by atoms with van der Waals surface area (Å²) in [7, 11) is 1.77. The van der Waals surface area contributed by atoms with E-state index in [-0.39, 0.29) is 24.1 Å². The summed E-state index contributed by atoms with van der Waals surface area (Å²) in [5.74, 6) is -0.465. The number of hydrogen-bond acceptors (Lipinski definition) is 2. The standard InChI is InChI=1S/C19H19FN2O2/c1-22-17-8-6-13(10-15(17)7-9-19(22)24)12-21-18(23)11-14-4-2-3-5-16(14)20/h2-6,8,10H,7,9,11-12H2,1H3,(H,21,23). The molecule has 24 heavy (non-hydrogen) atoms. The highest BCUT2D eigenvalue weighted by atomic mass is 19.1. The molecule has 0 atom stereocenters. The van der Waals surface area contributed by atoms with Crippen molar-refractivity contribution in [3.63, 3.8) is 0 Å². The van der Waals surface area contributed by atoms with E-state index in [1.165, 1.54) is 6.07 Å². The number of carbonyl (C=O) groups is 2. The van der Waals surface area contributed by atoms with Crippen LogP contribution in [0, 0.1) is 5.82 Å². The van der Waals surface area contributed by atoms with Crippen molar-refractivity contribution in [3.8, 4) is 0 Å². The highest BCUT2D eigenvalue weighted by Gasteiger charge is 2.20. The van der Waals surface area contributed by atoms with Gasteiger partial charge in [0.25, 0.3) is 0 Å². The number of nitrogens with zero attached hydrogens (tertiary/aromatic N) is 1. The first kappa shape index (κ1) is 16.2. The average molecular weight is 326 g/mol. The zero-order chi connectivity index (χ0) is 17.1. The molecule has 0 spiro atoms. The van der Waals surface area contributed by atoms with Crippen molar-refractivity contribution in [2.75, 3.05) is 11.9 Å². The number of benzene rings is 2. The molecule has 0 fully saturated rings. The molecule has 1 N–H and O–H groups in total. The fourth-order valence-corrected chi connectivity index (χ4v) is 2.90. The van der Waals surface area contributed by atoms with Gasteiger partial charge in [-0.2, -0.15) is 0 Å². The Morgan fingerprint density at radius 1 is 1.21 bits per heavy atom. The molecule has 0 aliphatic carbocycles. The molecule has 4 nitrogen and oxygen atoms in total. The van der Waals surface area contributed by atoms with Crippen molar-refractivity contribution in [3.05, 3.63) is 65.0 Å². The molecule has 1 aliphatic heterocycles. The quantitative estimate of drug-likeness (QED) is 0.939. The predicted molar refractivity (Wildman–Crippen MR) is 90.1 cm³/mol. The van der Waals surface area contributed by atoms with E-state index in [1.807, 2.05) is 18.2 Å². The van der Waals surface area contributed by atoms with Crippen molar-refractivity contribution in [1.82, 2.24) is 5.32 Å². The van der Waals surface area contributed by atoms with Crippen molar-refractivity contribution in [2.45, 2.75) is 25.8 Å². The highest BCUT2D eigenvalue weighted by molar-refractivity contribution is 5.95. The van der Waals surface area contributed by atoms with Crippen LogP contribution in [0.4, 0.5) is 10.1 Å². The third-order valence-electron chi connectivity index (χ3n) is 4.29. The van der Waals surface area contributed by atoms with Gasteiger partial charge in [-0.1, -0.05) is 30.3 Å². The summed E-state index contributed by atoms with van der Waals surface area (Å²) in [5, 5.41) is 2.82. The summed E-state index contributed by atoms with van der Waals surface area (Å²) < 4.78 is 13.6. The van der Waals surface area contributed by atoms with E-state index >= 15 is 0 Å². The summed E-state index contributed by atoms with van der Waals surface area (Å²) in [6, 6.07) is 12.1. The van der Waals surface area contributed by atoms with Crippen LogP contribution >= 0.6 is 0 Å². The SMILES string of the molecule is CN1C(=O)CCc2cc(CNC(=O)Cc3ccccc3F)ccc21. The third-order valence-corrected chi connectivity index (χ3v) is 4.29. The molecule has 1 aliphatic rings. The Balaban J connectivity index is 1.62. The zero-order valence-electron chi connectivity index (χ0n) is 13.5. The molecule has 0 bridgehead atoms. The van der Waals surface area contributed by atoms with Crippen LogP contribution in [0.1, 0.15) is 23.1 Å². The second kappa shape index (κ2) is 6.83. The van der Waals surface area contributed by atoms with Gasteiger partial charge in [0.2, 0.25) is 11.8 Å². The van der Waals surface area contributed by atoms with Crippen LogP contribution in [0.2, 0.25) is 0 Å². The van der Waals surface area contributed by atoms with E-state index in [4.69, 9.17) is 0 Å². The van der Waals surface area contributed by atoms with Crippen LogP contribution in [0.5, 0.6) is 0 Å². The molecule has 0 saturated heterocycles. The minimum Gasteiger partial charge on any atom is -0.352 e. The molecule has 3 rings (SSSR count). The molecule has 2 aromatic rings. The smallest absolute Gasteiger partial charge is 0.227 e. The van der Waals surface area contributed by atoms with Gasteiger partial charge in [0.1, 0.15) is 5.82 Å². The van der Waals surface area contributed by atoms with Gasteiger partial charge in [0.05, 0.1) is 6.42 Å². The molecular weight excluding hydrogens is 307 g/mol. The molecule has 5 heteroatoms. The van der Waals surface area contributed by atoms with E-state index in [0.717, 1.165) is 23.2 Å². The lowest BCUT2D eigenvalue weighted by atomic mass is 9.99. The largest absolute Gasteiger partial charge is 0.352 e. The Hall–Kier alpha value is -2.69. The predicted octanol–water partition coefficient (Wildman–Crippen LogP) is 2.59. The molecule has 0 unspecified atom stereocenters. The fraction of sp³-hybridized carbons (Fsp3) is 0.263. The average Bonchev–Trinajstić information content (AvgIpc) is 2.58. The number of fused-ring (bicyclic) bond motifs is 1. The summed E-state index contributed by atoms with van der Waals surface area (Å²) in [4.78, 5) is 25.4. The van der Waals surface area contributed by atoms with Crippen LogP contribution in [-0.2, 0) is 29.0 Å². The van der Waals surface area contributed by atoms with E-state index in [1.54, 1.807) is 30.1 Å². The lowest BCUT2D eigenvalue weighted by molar-refractivity contribution is -0.120. The molecule has 0 aromatic heterocycles. The van der Waals surface area contributed by atoms with Crippen molar-refractivity contribution in [1.29, 1.82) is 0 Å². The van der Waals surface area contributed by atoms with E-state index < -0.39 is 0 Å². The van der Waals surface area contributed by atoms with Gasteiger partial charge in [0, 0.05) is 25.7 Å².